The molecule has 4 amide bonds. The van der Waals surface area contributed by atoms with Gasteiger partial charge in [-0.25, -0.2) is 0 Å². The molecule has 0 aliphatic heterocycles. The predicted molar refractivity (Wildman–Crippen MR) is 206 cm³/mol. The molecule has 0 fully saturated rings. The summed E-state index contributed by atoms with van der Waals surface area (Å²) < 4.78 is 0. The second kappa shape index (κ2) is 21.8. The second-order valence-corrected chi connectivity index (χ2v) is 13.8. The Morgan fingerprint density at radius 1 is 0.500 bits per heavy atom. The van der Waals surface area contributed by atoms with Gasteiger partial charge >= 0.3 is 0 Å². The molecule has 0 saturated heterocycles. The number of benzene rings is 4. The van der Waals surface area contributed by atoms with Gasteiger partial charge in [-0.3, -0.25) is 19.2 Å². The Morgan fingerprint density at radius 3 is 1.20 bits per heavy atom. The van der Waals surface area contributed by atoms with Crippen molar-refractivity contribution in [2.75, 3.05) is 24.6 Å². The predicted octanol–water partition coefficient (Wildman–Crippen LogP) is 5.48. The van der Waals surface area contributed by atoms with Crippen molar-refractivity contribution in [1.82, 2.24) is 21.3 Å². The standard InChI is InChI=1S/C40H42N4O4S2/c45-37(23-21-31-13-5-1-6-14-31)43-35(39(47)41-27-25-33-17-9-3-10-18-33)29-49-50-30-36(40(48)42-28-26-34-19-11-4-12-20-34)44-38(46)24-22-32-15-7-2-8-16-32/h1-24,35-36H,25-30H2,(H,41,47)(H,42,48)(H,43,45)(H,44,46)/b23-21+,24-22+. The van der Waals surface area contributed by atoms with Crippen molar-refractivity contribution < 1.29 is 19.2 Å². The molecule has 0 aliphatic carbocycles. The molecule has 10 heteroatoms. The quantitative estimate of drug-likeness (QED) is 0.0583. The molecule has 0 bridgehead atoms. The molecule has 4 aromatic rings. The Hall–Kier alpha value is -5.06. The molecule has 4 aromatic carbocycles. The van der Waals surface area contributed by atoms with Crippen molar-refractivity contribution in [2.24, 2.45) is 0 Å². The fraction of sp³-hybridized carbons (Fsp3) is 0.200. The second-order valence-electron chi connectivity index (χ2n) is 11.2. The molecule has 0 saturated carbocycles. The summed E-state index contributed by atoms with van der Waals surface area (Å²) in [6.07, 6.45) is 7.51. The zero-order valence-corrected chi connectivity index (χ0v) is 29.3. The molecule has 258 valence electrons. The Labute approximate surface area is 302 Å². The first-order chi connectivity index (χ1) is 24.5. The molecular formula is C40H42N4O4S2. The average Bonchev–Trinajstić information content (AvgIpc) is 3.15. The van der Waals surface area contributed by atoms with Gasteiger partial charge in [-0.05, 0) is 47.2 Å². The van der Waals surface area contributed by atoms with Gasteiger partial charge in [0.2, 0.25) is 23.6 Å². The van der Waals surface area contributed by atoms with E-state index in [0.29, 0.717) is 25.9 Å². The van der Waals surface area contributed by atoms with Gasteiger partial charge < -0.3 is 21.3 Å². The van der Waals surface area contributed by atoms with Crippen LogP contribution in [0.15, 0.2) is 133 Å². The zero-order valence-electron chi connectivity index (χ0n) is 27.7. The van der Waals surface area contributed by atoms with Gasteiger partial charge in [-0.2, -0.15) is 0 Å². The fourth-order valence-corrected chi connectivity index (χ4v) is 7.03. The van der Waals surface area contributed by atoms with Gasteiger partial charge in [0.05, 0.1) is 0 Å². The largest absolute Gasteiger partial charge is 0.354 e. The van der Waals surface area contributed by atoms with Crippen LogP contribution in [0.5, 0.6) is 0 Å². The summed E-state index contributed by atoms with van der Waals surface area (Å²) in [6, 6.07) is 36.9. The highest BCUT2D eigenvalue weighted by molar-refractivity contribution is 8.76. The van der Waals surface area contributed by atoms with E-state index < -0.39 is 23.9 Å². The SMILES string of the molecule is O=C(/C=C/c1ccccc1)NC(CSSCC(NC(=O)/C=C/c1ccccc1)C(=O)NCCc1ccccc1)C(=O)NCCc1ccccc1. The van der Waals surface area contributed by atoms with E-state index in [2.05, 4.69) is 21.3 Å². The maximum atomic E-state index is 13.2. The lowest BCUT2D eigenvalue weighted by Gasteiger charge is -2.19. The molecule has 0 radical (unpaired) electrons. The van der Waals surface area contributed by atoms with Crippen LogP contribution in [-0.2, 0) is 32.0 Å². The van der Waals surface area contributed by atoms with E-state index in [0.717, 1.165) is 22.3 Å². The van der Waals surface area contributed by atoms with E-state index in [1.54, 1.807) is 12.2 Å². The summed E-state index contributed by atoms with van der Waals surface area (Å²) in [4.78, 5) is 52.2. The Bertz CT molecular complexity index is 1560. The summed E-state index contributed by atoms with van der Waals surface area (Å²) in [5, 5.41) is 11.5. The van der Waals surface area contributed by atoms with Crippen LogP contribution >= 0.6 is 21.6 Å². The lowest BCUT2D eigenvalue weighted by molar-refractivity contribution is -0.126. The van der Waals surface area contributed by atoms with Crippen LogP contribution in [0.1, 0.15) is 22.3 Å². The first-order valence-corrected chi connectivity index (χ1v) is 18.9. The highest BCUT2D eigenvalue weighted by atomic mass is 33.1. The van der Waals surface area contributed by atoms with Crippen LogP contribution in [0.2, 0.25) is 0 Å². The van der Waals surface area contributed by atoms with Crippen LogP contribution in [0, 0.1) is 0 Å². The highest BCUT2D eigenvalue weighted by Crippen LogP contribution is 2.23. The van der Waals surface area contributed by atoms with Gasteiger partial charge in [0.1, 0.15) is 12.1 Å². The fourth-order valence-electron chi connectivity index (χ4n) is 4.71. The minimum atomic E-state index is -0.822. The van der Waals surface area contributed by atoms with E-state index in [-0.39, 0.29) is 23.3 Å². The van der Waals surface area contributed by atoms with Crippen LogP contribution < -0.4 is 21.3 Å². The molecule has 0 aliphatic rings. The summed E-state index contributed by atoms with van der Waals surface area (Å²) in [5.74, 6) is -0.893. The maximum absolute atomic E-state index is 13.2. The van der Waals surface area contributed by atoms with Crippen LogP contribution in [0.4, 0.5) is 0 Å². The molecule has 0 aromatic heterocycles. The van der Waals surface area contributed by atoms with E-state index in [9.17, 15) is 19.2 Å². The molecule has 4 rings (SSSR count). The molecule has 2 unspecified atom stereocenters. The van der Waals surface area contributed by atoms with E-state index in [1.807, 2.05) is 121 Å². The third-order valence-electron chi connectivity index (χ3n) is 7.38. The number of amides is 4. The van der Waals surface area contributed by atoms with Crippen molar-refractivity contribution in [1.29, 1.82) is 0 Å². The first kappa shape index (κ1) is 37.8. The molecule has 8 nitrogen and oxygen atoms in total. The van der Waals surface area contributed by atoms with Crippen molar-refractivity contribution in [3.8, 4) is 0 Å². The summed E-state index contributed by atoms with van der Waals surface area (Å²) in [5.41, 5.74) is 3.92. The number of hydrogen-bond acceptors (Lipinski definition) is 6. The monoisotopic (exact) mass is 706 g/mol. The van der Waals surface area contributed by atoms with E-state index in [1.165, 1.54) is 33.7 Å². The topological polar surface area (TPSA) is 116 Å². The van der Waals surface area contributed by atoms with Crippen molar-refractivity contribution >= 4 is 57.4 Å². The van der Waals surface area contributed by atoms with Gasteiger partial charge in [-0.15, -0.1) is 0 Å². The molecule has 0 heterocycles. The smallest absolute Gasteiger partial charge is 0.244 e. The third-order valence-corrected chi connectivity index (χ3v) is 9.81. The summed E-state index contributed by atoms with van der Waals surface area (Å²) in [6.45, 7) is 0.835. The molecule has 50 heavy (non-hydrogen) atoms. The Balaban J connectivity index is 1.35. The van der Waals surface area contributed by atoms with Gasteiger partial charge in [0, 0.05) is 36.7 Å². The Kier molecular flexibility index (Phi) is 16.5. The number of rotatable bonds is 19. The zero-order chi connectivity index (χ0) is 35.2. The molecule has 0 spiro atoms. The minimum absolute atomic E-state index is 0.247. The van der Waals surface area contributed by atoms with Gasteiger partial charge in [-0.1, -0.05) is 143 Å². The van der Waals surface area contributed by atoms with E-state index >= 15 is 0 Å². The van der Waals surface area contributed by atoms with E-state index in [4.69, 9.17) is 0 Å². The average molecular weight is 707 g/mol. The van der Waals surface area contributed by atoms with Gasteiger partial charge in [0.25, 0.3) is 0 Å². The number of carbonyl (C=O) groups excluding carboxylic acids is 4. The normalized spacial score (nSPS) is 12.2. The first-order valence-electron chi connectivity index (χ1n) is 16.4. The third kappa shape index (κ3) is 14.6. The lowest BCUT2D eigenvalue weighted by atomic mass is 10.1. The van der Waals surface area contributed by atoms with Gasteiger partial charge in [0.15, 0.2) is 0 Å². The van der Waals surface area contributed by atoms with Crippen LogP contribution in [0.3, 0.4) is 0 Å². The maximum Gasteiger partial charge on any atom is 0.244 e. The van der Waals surface area contributed by atoms with Crippen LogP contribution in [-0.4, -0.2) is 60.3 Å². The number of nitrogens with one attached hydrogen (secondary N) is 4. The van der Waals surface area contributed by atoms with Crippen molar-refractivity contribution in [3.63, 3.8) is 0 Å². The van der Waals surface area contributed by atoms with Crippen LogP contribution in [0.25, 0.3) is 12.2 Å². The molecular weight excluding hydrogens is 665 g/mol. The van der Waals surface area contributed by atoms with Crippen molar-refractivity contribution in [3.05, 3.63) is 156 Å². The minimum Gasteiger partial charge on any atom is -0.354 e. The highest BCUT2D eigenvalue weighted by Gasteiger charge is 2.23. The van der Waals surface area contributed by atoms with Crippen molar-refractivity contribution in [2.45, 2.75) is 24.9 Å². The Morgan fingerprint density at radius 2 is 0.840 bits per heavy atom. The number of hydrogen-bond donors (Lipinski definition) is 4. The molecule has 2 atom stereocenters. The molecule has 4 N–H and O–H groups in total. The summed E-state index contributed by atoms with van der Waals surface area (Å²) in [7, 11) is 2.69. The summed E-state index contributed by atoms with van der Waals surface area (Å²) >= 11 is 0. The number of carbonyl (C=O) groups is 4. The lowest BCUT2D eigenvalue weighted by Crippen LogP contribution is -2.49.